The van der Waals surface area contributed by atoms with E-state index in [0.717, 1.165) is 24.3 Å². The van der Waals surface area contributed by atoms with Gasteiger partial charge in [0.15, 0.2) is 0 Å². The van der Waals surface area contributed by atoms with E-state index in [1.165, 1.54) is 31.2 Å². The summed E-state index contributed by atoms with van der Waals surface area (Å²) in [5.41, 5.74) is 1.34. The van der Waals surface area contributed by atoms with Crippen LogP contribution in [-0.4, -0.2) is 23.7 Å². The van der Waals surface area contributed by atoms with Crippen LogP contribution in [-0.2, 0) is 30.4 Å². The summed E-state index contributed by atoms with van der Waals surface area (Å²) in [6, 6.07) is 8.80. The second kappa shape index (κ2) is 13.9. The number of hydrogen-bond acceptors (Lipinski definition) is 4. The minimum absolute atomic E-state index is 0.131. The van der Waals surface area contributed by atoms with Gasteiger partial charge in [-0.25, -0.2) is 4.57 Å². The first-order valence-corrected chi connectivity index (χ1v) is 13.9. The Hall–Kier alpha value is -0.710. The summed E-state index contributed by atoms with van der Waals surface area (Å²) in [6.45, 7) is 14.8. The Morgan fingerprint density at radius 3 is 2.19 bits per heavy atom. The van der Waals surface area contributed by atoms with Gasteiger partial charge in [0.2, 0.25) is 0 Å². The number of phosphoric ester groups is 1. The molecule has 0 saturated heterocycles. The van der Waals surface area contributed by atoms with Crippen LogP contribution >= 0.6 is 7.82 Å². The SMILES string of the molecule is CCOP(=O)(O)OC(C)(CC)CCOC(C)(CC)c1ccc(CCCCCC(C)C)cc1. The molecule has 5 nitrogen and oxygen atoms in total. The fraction of sp³-hybridized carbons (Fsp3) is 0.769. The van der Waals surface area contributed by atoms with Crippen molar-refractivity contribution in [2.45, 2.75) is 111 Å². The molecule has 3 unspecified atom stereocenters. The van der Waals surface area contributed by atoms with Crippen LogP contribution in [0.25, 0.3) is 0 Å². The van der Waals surface area contributed by atoms with Crippen LogP contribution in [0.3, 0.4) is 0 Å². The van der Waals surface area contributed by atoms with Crippen molar-refractivity contribution in [3.05, 3.63) is 35.4 Å². The molecular formula is C26H47O5P. The molecule has 186 valence electrons. The van der Waals surface area contributed by atoms with Gasteiger partial charge >= 0.3 is 7.82 Å². The van der Waals surface area contributed by atoms with Crippen molar-refractivity contribution < 1.29 is 23.2 Å². The van der Waals surface area contributed by atoms with Gasteiger partial charge in [0.25, 0.3) is 0 Å². The Morgan fingerprint density at radius 1 is 1.00 bits per heavy atom. The molecule has 3 atom stereocenters. The lowest BCUT2D eigenvalue weighted by Crippen LogP contribution is -2.32. The molecule has 1 aromatic rings. The fourth-order valence-electron chi connectivity index (χ4n) is 3.72. The lowest BCUT2D eigenvalue weighted by molar-refractivity contribution is -0.0666. The number of rotatable bonds is 17. The smallest absolute Gasteiger partial charge is 0.370 e. The van der Waals surface area contributed by atoms with Crippen molar-refractivity contribution >= 4 is 7.82 Å². The molecule has 0 radical (unpaired) electrons. The molecule has 1 aromatic carbocycles. The Labute approximate surface area is 196 Å². The second-order valence-corrected chi connectivity index (χ2v) is 11.0. The predicted octanol–water partition coefficient (Wildman–Crippen LogP) is 7.80. The van der Waals surface area contributed by atoms with Crippen molar-refractivity contribution in [1.29, 1.82) is 0 Å². The monoisotopic (exact) mass is 470 g/mol. The number of phosphoric acid groups is 1. The molecule has 0 saturated carbocycles. The number of benzene rings is 1. The zero-order chi connectivity index (χ0) is 24.3. The van der Waals surface area contributed by atoms with Crippen molar-refractivity contribution in [1.82, 2.24) is 0 Å². The zero-order valence-corrected chi connectivity index (χ0v) is 22.4. The molecule has 0 aliphatic carbocycles. The van der Waals surface area contributed by atoms with E-state index in [2.05, 4.69) is 52.0 Å². The first kappa shape index (κ1) is 29.3. The maximum atomic E-state index is 12.1. The van der Waals surface area contributed by atoms with E-state index in [-0.39, 0.29) is 6.61 Å². The molecular weight excluding hydrogens is 423 g/mol. The molecule has 0 amide bonds. The quantitative estimate of drug-likeness (QED) is 0.186. The van der Waals surface area contributed by atoms with E-state index in [1.807, 2.05) is 13.8 Å². The lowest BCUT2D eigenvalue weighted by Gasteiger charge is -2.33. The van der Waals surface area contributed by atoms with E-state index < -0.39 is 19.0 Å². The summed E-state index contributed by atoms with van der Waals surface area (Å²) in [5, 5.41) is 0. The standard InChI is InChI=1S/C26H47O5P/c1-8-25(6,31-32(27,28)30-10-3)20-21-29-26(7,9-2)24-18-16-23(17-19-24)15-13-11-12-14-22(4)5/h16-19,22H,8-15,20-21H2,1-7H3,(H,27,28). The largest absolute Gasteiger partial charge is 0.472 e. The Balaban J connectivity index is 2.63. The highest BCUT2D eigenvalue weighted by Gasteiger charge is 2.35. The maximum absolute atomic E-state index is 12.1. The molecule has 6 heteroatoms. The number of hydrogen-bond donors (Lipinski definition) is 1. The van der Waals surface area contributed by atoms with E-state index >= 15 is 0 Å². The summed E-state index contributed by atoms with van der Waals surface area (Å²) < 4.78 is 28.7. The number of ether oxygens (including phenoxy) is 1. The van der Waals surface area contributed by atoms with Gasteiger partial charge in [-0.3, -0.25) is 9.05 Å². The zero-order valence-electron chi connectivity index (χ0n) is 21.5. The summed E-state index contributed by atoms with van der Waals surface area (Å²) in [4.78, 5) is 9.88. The van der Waals surface area contributed by atoms with Crippen LogP contribution < -0.4 is 0 Å². The van der Waals surface area contributed by atoms with Crippen LogP contribution in [0.15, 0.2) is 24.3 Å². The summed E-state index contributed by atoms with van der Waals surface area (Å²) >= 11 is 0. The molecule has 0 fully saturated rings. The van der Waals surface area contributed by atoms with Crippen molar-refractivity contribution in [3.63, 3.8) is 0 Å². The van der Waals surface area contributed by atoms with Crippen LogP contribution in [0.4, 0.5) is 0 Å². The molecule has 0 heterocycles. The highest BCUT2D eigenvalue weighted by atomic mass is 31.2. The van der Waals surface area contributed by atoms with Crippen LogP contribution in [0.5, 0.6) is 0 Å². The normalized spacial score (nSPS) is 17.7. The van der Waals surface area contributed by atoms with Gasteiger partial charge in [-0.05, 0) is 63.5 Å². The molecule has 32 heavy (non-hydrogen) atoms. The molecule has 1 rings (SSSR count). The van der Waals surface area contributed by atoms with Crippen LogP contribution in [0.1, 0.15) is 105 Å². The van der Waals surface area contributed by atoms with Crippen LogP contribution in [0.2, 0.25) is 0 Å². The van der Waals surface area contributed by atoms with Crippen molar-refractivity contribution in [2.24, 2.45) is 5.92 Å². The molecule has 0 spiro atoms. The minimum Gasteiger partial charge on any atom is -0.370 e. The molecule has 0 aliphatic heterocycles. The van der Waals surface area contributed by atoms with E-state index in [0.29, 0.717) is 19.4 Å². The summed E-state index contributed by atoms with van der Waals surface area (Å²) in [6.07, 6.45) is 8.20. The Kier molecular flexibility index (Phi) is 12.7. The van der Waals surface area contributed by atoms with Crippen molar-refractivity contribution in [2.75, 3.05) is 13.2 Å². The highest BCUT2D eigenvalue weighted by Crippen LogP contribution is 2.49. The third-order valence-electron chi connectivity index (χ3n) is 6.41. The second-order valence-electron chi connectivity index (χ2n) is 9.65. The van der Waals surface area contributed by atoms with E-state index in [4.69, 9.17) is 13.8 Å². The van der Waals surface area contributed by atoms with Gasteiger partial charge in [-0.1, -0.05) is 71.2 Å². The van der Waals surface area contributed by atoms with E-state index in [1.54, 1.807) is 6.92 Å². The third-order valence-corrected chi connectivity index (χ3v) is 7.67. The van der Waals surface area contributed by atoms with Gasteiger partial charge in [0, 0.05) is 6.42 Å². The Morgan fingerprint density at radius 2 is 1.66 bits per heavy atom. The Bertz CT molecular complexity index is 690. The van der Waals surface area contributed by atoms with Gasteiger partial charge in [0.1, 0.15) is 0 Å². The van der Waals surface area contributed by atoms with Gasteiger partial charge < -0.3 is 9.63 Å². The molecule has 0 aliphatic rings. The first-order valence-electron chi connectivity index (χ1n) is 12.4. The summed E-state index contributed by atoms with van der Waals surface area (Å²) in [5.74, 6) is 0.792. The molecule has 0 aromatic heterocycles. The highest BCUT2D eigenvalue weighted by molar-refractivity contribution is 7.47. The average Bonchev–Trinajstić information content (AvgIpc) is 2.73. The average molecular weight is 471 g/mol. The van der Waals surface area contributed by atoms with Gasteiger partial charge in [0.05, 0.1) is 24.4 Å². The van der Waals surface area contributed by atoms with Gasteiger partial charge in [-0.2, -0.15) is 0 Å². The fourth-order valence-corrected chi connectivity index (χ4v) is 4.88. The maximum Gasteiger partial charge on any atom is 0.472 e. The lowest BCUT2D eigenvalue weighted by atomic mass is 9.91. The summed E-state index contributed by atoms with van der Waals surface area (Å²) in [7, 11) is -4.06. The van der Waals surface area contributed by atoms with E-state index in [9.17, 15) is 9.46 Å². The minimum atomic E-state index is -4.06. The topological polar surface area (TPSA) is 65.0 Å². The number of unbranched alkanes of at least 4 members (excludes halogenated alkanes) is 2. The molecule has 0 bridgehead atoms. The molecule has 1 N–H and O–H groups in total. The van der Waals surface area contributed by atoms with Crippen LogP contribution in [0, 0.1) is 5.92 Å². The van der Waals surface area contributed by atoms with Gasteiger partial charge in [-0.15, -0.1) is 0 Å². The predicted molar refractivity (Wildman–Crippen MR) is 133 cm³/mol. The first-order chi connectivity index (χ1) is 15.0. The number of aryl methyl sites for hydroxylation is 1. The third kappa shape index (κ3) is 10.5. The van der Waals surface area contributed by atoms with Crippen molar-refractivity contribution in [3.8, 4) is 0 Å².